The molecule has 0 aliphatic heterocycles. The molecule has 0 amide bonds. The molecule has 4 aromatic rings. The molecular weight excluding hydrogens is 498 g/mol. The van der Waals surface area contributed by atoms with Crippen molar-refractivity contribution in [1.82, 2.24) is 24.3 Å². The molecule has 0 fully saturated rings. The lowest BCUT2D eigenvalue weighted by Gasteiger charge is -2.08. The van der Waals surface area contributed by atoms with Crippen molar-refractivity contribution in [3.63, 3.8) is 0 Å². The number of halogens is 4. The Labute approximate surface area is 200 Å². The van der Waals surface area contributed by atoms with Crippen LogP contribution < -0.4 is 5.56 Å². The quantitative estimate of drug-likeness (QED) is 0.141. The highest BCUT2D eigenvalue weighted by Gasteiger charge is 2.19. The number of thiol groups is 2. The monoisotopic (exact) mass is 515 g/mol. The molecule has 0 unspecified atom stereocenters. The maximum absolute atomic E-state index is 14.1. The third-order valence-electron chi connectivity index (χ3n) is 4.17. The summed E-state index contributed by atoms with van der Waals surface area (Å²) in [5.41, 5.74) is -1.72. The van der Waals surface area contributed by atoms with E-state index in [1.165, 1.54) is 10.6 Å². The lowest BCUT2D eigenvalue weighted by atomic mass is 10.1. The fraction of sp³-hybridized carbons (Fsp3) is 0.150. The third-order valence-corrected chi connectivity index (χ3v) is 4.17. The van der Waals surface area contributed by atoms with Gasteiger partial charge in [0.25, 0.3) is 5.56 Å². The lowest BCUT2D eigenvalue weighted by Crippen LogP contribution is -2.13. The van der Waals surface area contributed by atoms with Crippen molar-refractivity contribution < 1.29 is 27.5 Å². The molecule has 3 aromatic heterocycles. The minimum absolute atomic E-state index is 0.00439. The molecule has 0 spiro atoms. The van der Waals surface area contributed by atoms with Crippen molar-refractivity contribution in [2.24, 2.45) is 0 Å². The predicted molar refractivity (Wildman–Crippen MR) is 122 cm³/mol. The van der Waals surface area contributed by atoms with E-state index in [0.717, 1.165) is 6.20 Å². The van der Waals surface area contributed by atoms with Crippen LogP contribution in [-0.4, -0.2) is 35.4 Å². The van der Waals surface area contributed by atoms with E-state index in [2.05, 4.69) is 43.3 Å². The van der Waals surface area contributed by atoms with Crippen LogP contribution in [0.25, 0.3) is 17.2 Å². The van der Waals surface area contributed by atoms with Crippen LogP contribution in [0.4, 0.5) is 17.6 Å². The molecule has 0 bridgehead atoms. The molecule has 14 heteroatoms. The van der Waals surface area contributed by atoms with Crippen LogP contribution in [0.1, 0.15) is 35.6 Å². The predicted octanol–water partition coefficient (Wildman–Crippen LogP) is 4.11. The number of aromatic amines is 1. The number of carbonyl (C=O) groups is 1. The summed E-state index contributed by atoms with van der Waals surface area (Å²) < 4.78 is 55.4. The topological polar surface area (TPSA) is 113 Å². The van der Waals surface area contributed by atoms with Crippen LogP contribution >= 0.6 is 23.3 Å². The molecule has 0 atom stereocenters. The number of nitrogens with zero attached hydrogens (tertiary/aromatic N) is 4. The van der Waals surface area contributed by atoms with E-state index in [-0.39, 0.29) is 40.5 Å². The largest absolute Gasteiger partial charge is 0.476 e. The van der Waals surface area contributed by atoms with Gasteiger partial charge in [0.05, 0.1) is 11.9 Å². The minimum Gasteiger partial charge on any atom is -0.476 e. The summed E-state index contributed by atoms with van der Waals surface area (Å²) in [7, 11) is 0. The Hall–Kier alpha value is -3.39. The van der Waals surface area contributed by atoms with Gasteiger partial charge in [-0.3, -0.25) is 4.79 Å². The number of benzene rings is 1. The zero-order valence-corrected chi connectivity index (χ0v) is 19.3. The smallest absolute Gasteiger partial charge is 0.356 e. The second-order valence-corrected chi connectivity index (χ2v) is 6.18. The standard InChI is InChI=1S/C18H9F4N5O3.C2H6.H2S2/c19-8-3-10(21)9(20)1-7(8)2-12-16-25-14(18(29)30)6-27(16)5-13(24-12)15-23-4-11(22)17(28)26-15;2*1-2/h1,3-6H,2H2,(H,29,30)(H,23,26,28);1-2H3;1-2H. The molecule has 34 heavy (non-hydrogen) atoms. The Kier molecular flexibility index (Phi) is 9.20. The van der Waals surface area contributed by atoms with Crippen molar-refractivity contribution in [2.75, 3.05) is 0 Å². The van der Waals surface area contributed by atoms with Gasteiger partial charge < -0.3 is 14.5 Å². The lowest BCUT2D eigenvalue weighted by molar-refractivity contribution is 0.0691. The van der Waals surface area contributed by atoms with Gasteiger partial charge in [-0.25, -0.2) is 32.9 Å². The molecule has 180 valence electrons. The van der Waals surface area contributed by atoms with Crippen molar-refractivity contribution >= 4 is 34.9 Å². The Morgan fingerprint density at radius 2 is 1.68 bits per heavy atom. The fourth-order valence-electron chi connectivity index (χ4n) is 2.79. The molecule has 1 aromatic carbocycles. The second-order valence-electron chi connectivity index (χ2n) is 6.18. The van der Waals surface area contributed by atoms with E-state index in [1.54, 1.807) is 0 Å². The highest BCUT2D eigenvalue weighted by Crippen LogP contribution is 2.22. The number of hydrogen-bond donors (Lipinski definition) is 4. The van der Waals surface area contributed by atoms with E-state index < -0.39 is 34.8 Å². The van der Waals surface area contributed by atoms with Gasteiger partial charge in [0.15, 0.2) is 28.8 Å². The summed E-state index contributed by atoms with van der Waals surface area (Å²) in [4.78, 5) is 36.8. The summed E-state index contributed by atoms with van der Waals surface area (Å²) >= 11 is 6.44. The summed E-state index contributed by atoms with van der Waals surface area (Å²) in [5, 5.41) is 9.18. The maximum Gasteiger partial charge on any atom is 0.356 e. The van der Waals surface area contributed by atoms with Crippen LogP contribution in [-0.2, 0) is 6.42 Å². The van der Waals surface area contributed by atoms with Crippen LogP contribution in [0, 0.1) is 23.3 Å². The number of nitrogens with one attached hydrogen (secondary N) is 1. The zero-order chi connectivity index (χ0) is 25.6. The van der Waals surface area contributed by atoms with Crippen LogP contribution in [0.2, 0.25) is 0 Å². The number of aromatic nitrogens is 5. The molecule has 0 aliphatic carbocycles. The molecule has 8 nitrogen and oxygen atoms in total. The van der Waals surface area contributed by atoms with E-state index in [9.17, 15) is 32.3 Å². The number of rotatable bonds is 4. The Morgan fingerprint density at radius 1 is 1.03 bits per heavy atom. The third kappa shape index (κ3) is 5.75. The first kappa shape index (κ1) is 26.9. The van der Waals surface area contributed by atoms with Crippen LogP contribution in [0.15, 0.2) is 35.5 Å². The molecule has 4 rings (SSSR count). The number of hydrogen-bond acceptors (Lipinski definition) is 7. The number of carboxylic acids is 1. The fourth-order valence-corrected chi connectivity index (χ4v) is 2.79. The molecular formula is C20H17F4N5O3S2. The summed E-state index contributed by atoms with van der Waals surface area (Å²) in [6, 6.07) is 1.02. The zero-order valence-electron chi connectivity index (χ0n) is 17.6. The van der Waals surface area contributed by atoms with Gasteiger partial charge in [-0.1, -0.05) is 13.8 Å². The Balaban J connectivity index is 0.000000970. The number of imidazole rings is 1. The first-order valence-electron chi connectivity index (χ1n) is 9.43. The maximum atomic E-state index is 14.1. The van der Waals surface area contributed by atoms with Gasteiger partial charge in [0, 0.05) is 24.9 Å². The van der Waals surface area contributed by atoms with Crippen LogP contribution in [0.5, 0.6) is 0 Å². The van der Waals surface area contributed by atoms with Gasteiger partial charge >= 0.3 is 5.97 Å². The molecule has 3 heterocycles. The highest BCUT2D eigenvalue weighted by atomic mass is 33.1. The van der Waals surface area contributed by atoms with Crippen LogP contribution in [0.3, 0.4) is 0 Å². The average molecular weight is 516 g/mol. The van der Waals surface area contributed by atoms with Crippen molar-refractivity contribution in [3.8, 4) is 11.5 Å². The van der Waals surface area contributed by atoms with Gasteiger partial charge in [-0.05, 0) is 11.6 Å². The first-order valence-corrected chi connectivity index (χ1v) is 11.0. The average Bonchev–Trinajstić information content (AvgIpc) is 3.27. The van der Waals surface area contributed by atoms with Crippen molar-refractivity contribution in [2.45, 2.75) is 20.3 Å². The van der Waals surface area contributed by atoms with Gasteiger partial charge in [-0.2, -0.15) is 4.39 Å². The summed E-state index contributed by atoms with van der Waals surface area (Å²) in [6.07, 6.45) is 2.69. The second kappa shape index (κ2) is 11.7. The SMILES string of the molecule is CC.O=C(O)c1cn2cc(-c3ncc(F)c(=O)[nH]3)nc(Cc3cc(F)c(F)cc3F)c2n1.SS. The molecule has 0 aliphatic rings. The molecule has 0 radical (unpaired) electrons. The van der Waals surface area contributed by atoms with Gasteiger partial charge in [-0.15, -0.1) is 23.3 Å². The van der Waals surface area contributed by atoms with Gasteiger partial charge in [0.2, 0.25) is 5.82 Å². The Morgan fingerprint density at radius 3 is 2.29 bits per heavy atom. The number of aromatic carboxylic acids is 1. The summed E-state index contributed by atoms with van der Waals surface area (Å²) in [5.74, 6) is -6.32. The van der Waals surface area contributed by atoms with Crippen molar-refractivity contribution in [1.29, 1.82) is 0 Å². The van der Waals surface area contributed by atoms with Gasteiger partial charge in [0.1, 0.15) is 11.5 Å². The van der Waals surface area contributed by atoms with E-state index in [0.29, 0.717) is 18.3 Å². The van der Waals surface area contributed by atoms with E-state index >= 15 is 0 Å². The normalized spacial score (nSPS) is 10.2. The molecule has 0 saturated carbocycles. The number of fused-ring (bicyclic) bond motifs is 1. The number of H-pyrrole nitrogens is 1. The first-order chi connectivity index (χ1) is 16.2. The van der Waals surface area contributed by atoms with Crippen molar-refractivity contribution in [3.05, 3.63) is 81.3 Å². The minimum atomic E-state index is -1.37. The summed E-state index contributed by atoms with van der Waals surface area (Å²) in [6.45, 7) is 4.00. The van der Waals surface area contributed by atoms with E-state index in [1.807, 2.05) is 13.8 Å². The number of carboxylic acid groups (broad SMARTS) is 1. The Bertz CT molecular complexity index is 1390. The molecule has 2 N–H and O–H groups in total. The highest BCUT2D eigenvalue weighted by molar-refractivity contribution is 8.59. The van der Waals surface area contributed by atoms with E-state index in [4.69, 9.17) is 0 Å². The molecule has 0 saturated heterocycles.